The van der Waals surface area contributed by atoms with Crippen LogP contribution in [0.5, 0.6) is 0 Å². The van der Waals surface area contributed by atoms with Crippen LogP contribution in [0.1, 0.15) is 21.9 Å². The Hall–Kier alpha value is -2.36. The van der Waals surface area contributed by atoms with Crippen molar-refractivity contribution in [2.45, 2.75) is 16.8 Å². The normalized spacial score (nSPS) is 12.3. The maximum atomic E-state index is 12.8. The third kappa shape index (κ3) is 3.27. The lowest BCUT2D eigenvalue weighted by atomic mass is 10.2. The molecule has 0 radical (unpaired) electrons. The number of aromatic carboxylic acids is 1. The molecule has 0 aliphatic rings. The van der Waals surface area contributed by atoms with Crippen LogP contribution in [-0.4, -0.2) is 24.5 Å². The van der Waals surface area contributed by atoms with Gasteiger partial charge in [0.2, 0.25) is 5.89 Å². The minimum atomic E-state index is -4.84. The van der Waals surface area contributed by atoms with Gasteiger partial charge >= 0.3 is 12.1 Å². The lowest BCUT2D eigenvalue weighted by molar-refractivity contribution is -0.139. The number of carbonyl (C=O) groups is 1. The van der Waals surface area contributed by atoms with Crippen molar-refractivity contribution in [3.63, 3.8) is 0 Å². The molecule has 0 aliphatic carbocycles. The van der Waals surface area contributed by atoms with E-state index < -0.39 is 49.8 Å². The largest absolute Gasteiger partial charge is 0.476 e. The maximum absolute atomic E-state index is 12.8. The van der Waals surface area contributed by atoms with Crippen LogP contribution in [0.3, 0.4) is 0 Å². The van der Waals surface area contributed by atoms with E-state index in [9.17, 15) is 26.4 Å². The van der Waals surface area contributed by atoms with Gasteiger partial charge in [0.05, 0.1) is 10.5 Å². The van der Waals surface area contributed by atoms with Crippen LogP contribution in [0.4, 0.5) is 13.2 Å². The highest BCUT2D eigenvalue weighted by Gasteiger charge is 2.37. The van der Waals surface area contributed by atoms with Crippen molar-refractivity contribution in [3.8, 4) is 0 Å². The second-order valence-electron chi connectivity index (χ2n) is 4.18. The van der Waals surface area contributed by atoms with Gasteiger partial charge in [-0.25, -0.2) is 18.2 Å². The number of nitrogens with zero attached hydrogens (tertiary/aromatic N) is 1. The lowest BCUT2D eigenvalue weighted by Crippen LogP contribution is -2.14. The smallest absolute Gasteiger partial charge is 0.417 e. The zero-order valence-electron chi connectivity index (χ0n) is 10.7. The van der Waals surface area contributed by atoms with Gasteiger partial charge in [0.15, 0.2) is 15.5 Å². The third-order valence-electron chi connectivity index (χ3n) is 2.61. The van der Waals surface area contributed by atoms with Gasteiger partial charge in [0.25, 0.3) is 0 Å². The second kappa shape index (κ2) is 5.44. The monoisotopic (exact) mass is 335 g/mol. The standard InChI is InChI=1S/C12H8F3NO5S/c13-12(14,15)7-3-1-2-4-9(7)22(19,20)6-10-16-8(5-21-10)11(17)18/h1-5H,6H2,(H,17,18). The molecule has 1 aromatic heterocycles. The fourth-order valence-corrected chi connectivity index (χ4v) is 3.11. The van der Waals surface area contributed by atoms with Crippen molar-refractivity contribution < 1.29 is 35.9 Å². The van der Waals surface area contributed by atoms with Crippen LogP contribution in [0.2, 0.25) is 0 Å². The number of hydrogen-bond donors (Lipinski definition) is 1. The molecule has 2 rings (SSSR count). The summed E-state index contributed by atoms with van der Waals surface area (Å²) in [7, 11) is -4.41. The predicted octanol–water partition coefficient (Wildman–Crippen LogP) is 2.37. The maximum Gasteiger partial charge on any atom is 0.417 e. The first kappa shape index (κ1) is 16.0. The van der Waals surface area contributed by atoms with Crippen molar-refractivity contribution in [2.24, 2.45) is 0 Å². The number of carboxylic acid groups (broad SMARTS) is 1. The Balaban J connectivity index is 2.41. The van der Waals surface area contributed by atoms with E-state index in [0.717, 1.165) is 18.2 Å². The number of sulfone groups is 1. The van der Waals surface area contributed by atoms with Crippen LogP contribution in [0.25, 0.3) is 0 Å². The Morgan fingerprint density at radius 3 is 2.45 bits per heavy atom. The van der Waals surface area contributed by atoms with E-state index in [1.165, 1.54) is 0 Å². The summed E-state index contributed by atoms with van der Waals surface area (Å²) in [5, 5.41) is 8.64. The predicted molar refractivity (Wildman–Crippen MR) is 65.8 cm³/mol. The average molecular weight is 335 g/mol. The molecule has 6 nitrogen and oxygen atoms in total. The van der Waals surface area contributed by atoms with Gasteiger partial charge < -0.3 is 9.52 Å². The zero-order chi connectivity index (χ0) is 16.5. The molecular formula is C12H8F3NO5S. The molecule has 0 aliphatic heterocycles. The van der Waals surface area contributed by atoms with E-state index >= 15 is 0 Å². The highest BCUT2D eigenvalue weighted by atomic mass is 32.2. The van der Waals surface area contributed by atoms with Gasteiger partial charge in [-0.05, 0) is 12.1 Å². The summed E-state index contributed by atoms with van der Waals surface area (Å²) in [5.74, 6) is -2.93. The molecule has 118 valence electrons. The summed E-state index contributed by atoms with van der Waals surface area (Å²) in [5.41, 5.74) is -1.84. The quantitative estimate of drug-likeness (QED) is 0.921. The van der Waals surface area contributed by atoms with Crippen LogP contribution in [-0.2, 0) is 21.8 Å². The number of alkyl halides is 3. The Kier molecular flexibility index (Phi) is 3.96. The number of aromatic nitrogens is 1. The second-order valence-corrected chi connectivity index (χ2v) is 6.14. The molecule has 0 unspecified atom stereocenters. The van der Waals surface area contributed by atoms with Crippen molar-refractivity contribution in [2.75, 3.05) is 0 Å². The van der Waals surface area contributed by atoms with E-state index in [-0.39, 0.29) is 0 Å². The van der Waals surface area contributed by atoms with E-state index in [1.807, 2.05) is 0 Å². The van der Waals surface area contributed by atoms with E-state index in [1.54, 1.807) is 0 Å². The van der Waals surface area contributed by atoms with E-state index in [0.29, 0.717) is 12.3 Å². The summed E-state index contributed by atoms with van der Waals surface area (Å²) in [6.07, 6.45) is -4.13. The van der Waals surface area contributed by atoms with Crippen LogP contribution < -0.4 is 0 Å². The summed E-state index contributed by atoms with van der Waals surface area (Å²) < 4.78 is 67.4. The molecule has 22 heavy (non-hydrogen) atoms. The molecule has 1 aromatic carbocycles. The number of rotatable bonds is 4. The number of hydrogen-bond acceptors (Lipinski definition) is 5. The van der Waals surface area contributed by atoms with Gasteiger partial charge in [-0.1, -0.05) is 12.1 Å². The first-order valence-corrected chi connectivity index (χ1v) is 7.33. The molecule has 0 amide bonds. The van der Waals surface area contributed by atoms with Crippen molar-refractivity contribution in [3.05, 3.63) is 47.7 Å². The number of carboxylic acids is 1. The molecule has 1 heterocycles. The molecule has 1 N–H and O–H groups in total. The molecular weight excluding hydrogens is 327 g/mol. The topological polar surface area (TPSA) is 97.5 Å². The van der Waals surface area contributed by atoms with Crippen molar-refractivity contribution in [1.29, 1.82) is 0 Å². The molecule has 0 spiro atoms. The first-order chi connectivity index (χ1) is 10.1. The van der Waals surface area contributed by atoms with Crippen LogP contribution in [0, 0.1) is 0 Å². The Morgan fingerprint density at radius 2 is 1.91 bits per heavy atom. The molecule has 10 heteroatoms. The van der Waals surface area contributed by atoms with Crippen molar-refractivity contribution in [1.82, 2.24) is 4.98 Å². The summed E-state index contributed by atoms with van der Waals surface area (Å²) >= 11 is 0. The van der Waals surface area contributed by atoms with Crippen LogP contribution in [0.15, 0.2) is 39.8 Å². The number of oxazole rings is 1. The molecule has 0 saturated heterocycles. The highest BCUT2D eigenvalue weighted by molar-refractivity contribution is 7.90. The van der Waals surface area contributed by atoms with E-state index in [4.69, 9.17) is 5.11 Å². The fourth-order valence-electron chi connectivity index (χ4n) is 1.69. The average Bonchev–Trinajstić information content (AvgIpc) is 2.86. The van der Waals surface area contributed by atoms with Crippen molar-refractivity contribution >= 4 is 15.8 Å². The molecule has 0 fully saturated rings. The van der Waals surface area contributed by atoms with Gasteiger partial charge in [0, 0.05) is 0 Å². The van der Waals surface area contributed by atoms with Crippen LogP contribution >= 0.6 is 0 Å². The molecule has 0 atom stereocenters. The highest BCUT2D eigenvalue weighted by Crippen LogP contribution is 2.35. The fraction of sp³-hybridized carbons (Fsp3) is 0.167. The lowest BCUT2D eigenvalue weighted by Gasteiger charge is -2.12. The Bertz CT molecular complexity index is 810. The summed E-state index contributed by atoms with van der Waals surface area (Å²) in [4.78, 5) is 13.1. The summed E-state index contributed by atoms with van der Waals surface area (Å²) in [6, 6.07) is 3.68. The molecule has 0 saturated carbocycles. The minimum absolute atomic E-state index is 0.505. The van der Waals surface area contributed by atoms with Gasteiger partial charge in [-0.15, -0.1) is 0 Å². The molecule has 0 bridgehead atoms. The third-order valence-corrected chi connectivity index (χ3v) is 4.26. The zero-order valence-corrected chi connectivity index (χ0v) is 11.5. The number of benzene rings is 1. The number of halogens is 3. The first-order valence-electron chi connectivity index (χ1n) is 5.68. The van der Waals surface area contributed by atoms with Gasteiger partial charge in [-0.3, -0.25) is 0 Å². The summed E-state index contributed by atoms with van der Waals surface area (Å²) in [6.45, 7) is 0. The SMILES string of the molecule is O=C(O)c1coc(CS(=O)(=O)c2ccccc2C(F)(F)F)n1. The van der Waals surface area contributed by atoms with Gasteiger partial charge in [0.1, 0.15) is 12.0 Å². The Labute approximate surface area is 122 Å². The Morgan fingerprint density at radius 1 is 1.27 bits per heavy atom. The minimum Gasteiger partial charge on any atom is -0.476 e. The molecule has 2 aromatic rings. The van der Waals surface area contributed by atoms with E-state index in [2.05, 4.69) is 9.40 Å². The van der Waals surface area contributed by atoms with Gasteiger partial charge in [-0.2, -0.15) is 13.2 Å².